The number of rotatable bonds is 5. The number of nitrogens with one attached hydrogen (secondary N) is 1. The maximum atomic E-state index is 4.31. The van der Waals surface area contributed by atoms with Crippen LogP contribution in [-0.4, -0.2) is 11.5 Å². The second kappa shape index (κ2) is 4.96. The molecule has 3 unspecified atom stereocenters. The number of aryl methyl sites for hydroxylation is 1. The lowest BCUT2D eigenvalue weighted by Crippen LogP contribution is -2.24. The van der Waals surface area contributed by atoms with Gasteiger partial charge in [0.15, 0.2) is 0 Å². The van der Waals surface area contributed by atoms with Crippen LogP contribution in [0.3, 0.4) is 0 Å². The summed E-state index contributed by atoms with van der Waals surface area (Å²) >= 11 is 0. The number of hydrogen-bond donors (Lipinski definition) is 1. The molecule has 1 aliphatic rings. The topological polar surface area (TPSA) is 24.9 Å². The molecule has 0 aromatic carbocycles. The fourth-order valence-electron chi connectivity index (χ4n) is 2.38. The molecule has 0 saturated heterocycles. The number of hydrogen-bond acceptors (Lipinski definition) is 2. The van der Waals surface area contributed by atoms with Crippen LogP contribution >= 0.6 is 0 Å². The summed E-state index contributed by atoms with van der Waals surface area (Å²) in [5.41, 5.74) is 2.62. The lowest BCUT2D eigenvalue weighted by atomic mass is 10.0. The number of pyridine rings is 1. The molecule has 88 valence electrons. The van der Waals surface area contributed by atoms with Crippen molar-refractivity contribution < 1.29 is 0 Å². The van der Waals surface area contributed by atoms with Gasteiger partial charge in [0, 0.05) is 18.4 Å². The zero-order chi connectivity index (χ0) is 11.5. The highest BCUT2D eigenvalue weighted by molar-refractivity contribution is 5.22. The molecule has 3 atom stereocenters. The first-order chi connectivity index (χ1) is 7.72. The second-order valence-electron chi connectivity index (χ2n) is 5.10. The van der Waals surface area contributed by atoms with Gasteiger partial charge in [-0.25, -0.2) is 0 Å². The van der Waals surface area contributed by atoms with E-state index in [0.717, 1.165) is 18.4 Å². The number of aromatic nitrogens is 1. The van der Waals surface area contributed by atoms with Gasteiger partial charge in [0.1, 0.15) is 0 Å². The van der Waals surface area contributed by atoms with Crippen LogP contribution in [-0.2, 0) is 0 Å². The molecule has 0 spiro atoms. The Kier molecular flexibility index (Phi) is 3.59. The lowest BCUT2D eigenvalue weighted by molar-refractivity contribution is 0.461. The molecule has 0 amide bonds. The Bertz CT molecular complexity index is 348. The average Bonchev–Trinajstić information content (AvgIpc) is 2.96. The molecule has 2 nitrogen and oxygen atoms in total. The van der Waals surface area contributed by atoms with E-state index in [1.54, 1.807) is 0 Å². The zero-order valence-electron chi connectivity index (χ0n) is 10.5. The Balaban J connectivity index is 2.11. The van der Waals surface area contributed by atoms with Crippen LogP contribution in [0.1, 0.15) is 43.9 Å². The second-order valence-corrected chi connectivity index (χ2v) is 5.10. The molecule has 1 aromatic heterocycles. The van der Waals surface area contributed by atoms with E-state index in [-0.39, 0.29) is 0 Å². The van der Waals surface area contributed by atoms with E-state index in [4.69, 9.17) is 0 Å². The van der Waals surface area contributed by atoms with Crippen LogP contribution in [0.2, 0.25) is 0 Å². The third kappa shape index (κ3) is 2.62. The first-order valence-corrected chi connectivity index (χ1v) is 6.37. The highest BCUT2D eigenvalue weighted by Crippen LogP contribution is 2.46. The summed E-state index contributed by atoms with van der Waals surface area (Å²) < 4.78 is 0. The van der Waals surface area contributed by atoms with E-state index in [9.17, 15) is 0 Å². The van der Waals surface area contributed by atoms with Crippen molar-refractivity contribution in [3.63, 3.8) is 0 Å². The van der Waals surface area contributed by atoms with E-state index >= 15 is 0 Å². The van der Waals surface area contributed by atoms with Crippen molar-refractivity contribution in [3.05, 3.63) is 29.6 Å². The fourth-order valence-corrected chi connectivity index (χ4v) is 2.38. The first-order valence-electron chi connectivity index (χ1n) is 6.37. The van der Waals surface area contributed by atoms with E-state index in [0.29, 0.717) is 6.04 Å². The Morgan fingerprint density at radius 2 is 2.25 bits per heavy atom. The molecule has 1 aromatic rings. The van der Waals surface area contributed by atoms with Gasteiger partial charge in [0.25, 0.3) is 0 Å². The van der Waals surface area contributed by atoms with Crippen LogP contribution in [0.4, 0.5) is 0 Å². The maximum Gasteiger partial charge on any atom is 0.0366 e. The Hall–Kier alpha value is -0.890. The number of nitrogens with zero attached hydrogens (tertiary/aromatic N) is 1. The summed E-state index contributed by atoms with van der Waals surface area (Å²) in [4.78, 5) is 4.31. The molecule has 0 bridgehead atoms. The van der Waals surface area contributed by atoms with Gasteiger partial charge >= 0.3 is 0 Å². The van der Waals surface area contributed by atoms with Crippen molar-refractivity contribution in [3.8, 4) is 0 Å². The molecule has 1 heterocycles. The Morgan fingerprint density at radius 3 is 2.81 bits per heavy atom. The minimum atomic E-state index is 0.516. The van der Waals surface area contributed by atoms with E-state index in [1.807, 2.05) is 12.4 Å². The smallest absolute Gasteiger partial charge is 0.0366 e. The highest BCUT2D eigenvalue weighted by atomic mass is 14.9. The summed E-state index contributed by atoms with van der Waals surface area (Å²) in [7, 11) is 0. The van der Waals surface area contributed by atoms with Crippen LogP contribution in [0.25, 0.3) is 0 Å². The van der Waals surface area contributed by atoms with Crippen molar-refractivity contribution in [2.45, 2.75) is 39.7 Å². The normalized spacial score (nSPS) is 25.4. The van der Waals surface area contributed by atoms with E-state index in [1.165, 1.54) is 24.0 Å². The van der Waals surface area contributed by atoms with Crippen LogP contribution in [0.15, 0.2) is 18.5 Å². The van der Waals surface area contributed by atoms with Gasteiger partial charge in [0.05, 0.1) is 0 Å². The molecular formula is C14H22N2. The van der Waals surface area contributed by atoms with Crippen LogP contribution in [0.5, 0.6) is 0 Å². The predicted molar refractivity (Wildman–Crippen MR) is 67.3 cm³/mol. The quantitative estimate of drug-likeness (QED) is 0.821. The highest BCUT2D eigenvalue weighted by Gasteiger charge is 2.39. The molecule has 2 heteroatoms. The molecule has 1 fully saturated rings. The Labute approximate surface area is 98.5 Å². The molecule has 1 aliphatic carbocycles. The van der Waals surface area contributed by atoms with Gasteiger partial charge in [-0.2, -0.15) is 0 Å². The molecular weight excluding hydrogens is 196 g/mol. The van der Waals surface area contributed by atoms with Crippen molar-refractivity contribution >= 4 is 0 Å². The van der Waals surface area contributed by atoms with Crippen LogP contribution < -0.4 is 5.32 Å². The molecule has 1 N–H and O–H groups in total. The van der Waals surface area contributed by atoms with Gasteiger partial charge in [-0.3, -0.25) is 4.98 Å². The van der Waals surface area contributed by atoms with Crippen molar-refractivity contribution in [2.75, 3.05) is 6.54 Å². The third-order valence-electron chi connectivity index (χ3n) is 3.47. The average molecular weight is 218 g/mol. The SMILES string of the molecule is CCCNC(c1cncc(C)c1)C1CC1C. The summed E-state index contributed by atoms with van der Waals surface area (Å²) in [6, 6.07) is 2.79. The molecule has 16 heavy (non-hydrogen) atoms. The minimum absolute atomic E-state index is 0.516. The molecule has 1 saturated carbocycles. The van der Waals surface area contributed by atoms with Gasteiger partial charge < -0.3 is 5.32 Å². The minimum Gasteiger partial charge on any atom is -0.310 e. The largest absolute Gasteiger partial charge is 0.310 e. The molecule has 0 radical (unpaired) electrons. The monoisotopic (exact) mass is 218 g/mol. The van der Waals surface area contributed by atoms with E-state index in [2.05, 4.69) is 37.1 Å². The van der Waals surface area contributed by atoms with Gasteiger partial charge in [-0.15, -0.1) is 0 Å². The van der Waals surface area contributed by atoms with Crippen LogP contribution in [0, 0.1) is 18.8 Å². The zero-order valence-corrected chi connectivity index (χ0v) is 10.5. The van der Waals surface area contributed by atoms with Crippen molar-refractivity contribution in [2.24, 2.45) is 11.8 Å². The van der Waals surface area contributed by atoms with Gasteiger partial charge in [-0.05, 0) is 49.3 Å². The molecule has 2 rings (SSSR count). The summed E-state index contributed by atoms with van der Waals surface area (Å²) in [6.45, 7) is 7.77. The Morgan fingerprint density at radius 1 is 1.50 bits per heavy atom. The summed E-state index contributed by atoms with van der Waals surface area (Å²) in [5.74, 6) is 1.69. The lowest BCUT2D eigenvalue weighted by Gasteiger charge is -2.19. The van der Waals surface area contributed by atoms with Crippen molar-refractivity contribution in [1.29, 1.82) is 0 Å². The summed E-state index contributed by atoms with van der Waals surface area (Å²) in [5, 5.41) is 3.67. The summed E-state index contributed by atoms with van der Waals surface area (Å²) in [6.07, 6.45) is 6.49. The molecule has 0 aliphatic heterocycles. The fraction of sp³-hybridized carbons (Fsp3) is 0.643. The van der Waals surface area contributed by atoms with Crippen molar-refractivity contribution in [1.82, 2.24) is 10.3 Å². The third-order valence-corrected chi connectivity index (χ3v) is 3.47. The predicted octanol–water partition coefficient (Wildman–Crippen LogP) is 3.09. The maximum absolute atomic E-state index is 4.31. The van der Waals surface area contributed by atoms with Gasteiger partial charge in [0.2, 0.25) is 0 Å². The standard InChI is InChI=1S/C14H22N2/c1-4-5-16-14(13-7-11(13)3)12-6-10(2)8-15-9-12/h6,8-9,11,13-14,16H,4-5,7H2,1-3H3. The first kappa shape index (κ1) is 11.6. The van der Waals surface area contributed by atoms with E-state index < -0.39 is 0 Å². The van der Waals surface area contributed by atoms with Gasteiger partial charge in [-0.1, -0.05) is 19.9 Å².